The van der Waals surface area contributed by atoms with E-state index in [0.717, 1.165) is 4.47 Å². The molecule has 20 heavy (non-hydrogen) atoms. The van der Waals surface area contributed by atoms with Crippen molar-refractivity contribution < 1.29 is 14.3 Å². The van der Waals surface area contributed by atoms with Crippen molar-refractivity contribution in [2.75, 3.05) is 13.2 Å². The van der Waals surface area contributed by atoms with Crippen LogP contribution in [-0.2, 0) is 9.59 Å². The lowest BCUT2D eigenvalue weighted by molar-refractivity contribution is -0.127. The van der Waals surface area contributed by atoms with Gasteiger partial charge in [0, 0.05) is 10.0 Å². The van der Waals surface area contributed by atoms with Gasteiger partial charge < -0.3 is 15.4 Å². The topological polar surface area (TPSA) is 67.4 Å². The number of carbonyl (C=O) groups is 2. The number of benzene rings is 1. The molecule has 0 spiro atoms. The van der Waals surface area contributed by atoms with E-state index >= 15 is 0 Å². The van der Waals surface area contributed by atoms with Crippen LogP contribution in [0.4, 0.5) is 0 Å². The van der Waals surface area contributed by atoms with Crippen molar-refractivity contribution in [3.05, 3.63) is 28.7 Å². The quantitative estimate of drug-likeness (QED) is 0.858. The first-order chi connectivity index (χ1) is 9.26. The SMILES string of the molecule is CC(C)(C)NC(=O)CNC(=O)COc1cccc(Br)c1. The molecule has 0 aliphatic carbocycles. The second-order valence-electron chi connectivity index (χ2n) is 5.32. The average Bonchev–Trinajstić information content (AvgIpc) is 2.32. The highest BCUT2D eigenvalue weighted by Crippen LogP contribution is 2.17. The van der Waals surface area contributed by atoms with Gasteiger partial charge in [0.15, 0.2) is 6.61 Å². The number of nitrogens with one attached hydrogen (secondary N) is 2. The highest BCUT2D eigenvalue weighted by molar-refractivity contribution is 9.10. The molecule has 0 saturated heterocycles. The van der Waals surface area contributed by atoms with Crippen LogP contribution < -0.4 is 15.4 Å². The summed E-state index contributed by atoms with van der Waals surface area (Å²) in [5.74, 6) is 0.0241. The molecule has 0 unspecified atom stereocenters. The van der Waals surface area contributed by atoms with Gasteiger partial charge in [0.2, 0.25) is 5.91 Å². The van der Waals surface area contributed by atoms with Gasteiger partial charge in [0.05, 0.1) is 6.54 Å². The number of hydrogen-bond donors (Lipinski definition) is 2. The third-order valence-corrected chi connectivity index (χ3v) is 2.62. The molecular weight excluding hydrogens is 324 g/mol. The Hall–Kier alpha value is -1.56. The predicted octanol–water partition coefficient (Wildman–Crippen LogP) is 1.86. The van der Waals surface area contributed by atoms with Gasteiger partial charge in [-0.25, -0.2) is 0 Å². The summed E-state index contributed by atoms with van der Waals surface area (Å²) in [6.07, 6.45) is 0. The Balaban J connectivity index is 2.29. The number of ether oxygens (including phenoxy) is 1. The Kier molecular flexibility index (Phi) is 6.01. The van der Waals surface area contributed by atoms with Crippen LogP contribution in [0.3, 0.4) is 0 Å². The molecule has 0 bridgehead atoms. The largest absolute Gasteiger partial charge is 0.484 e. The lowest BCUT2D eigenvalue weighted by atomic mass is 10.1. The molecule has 0 aromatic heterocycles. The maximum Gasteiger partial charge on any atom is 0.258 e. The zero-order valence-corrected chi connectivity index (χ0v) is 13.4. The molecule has 0 saturated carbocycles. The molecule has 1 aromatic rings. The van der Waals surface area contributed by atoms with Crippen molar-refractivity contribution in [3.8, 4) is 5.75 Å². The monoisotopic (exact) mass is 342 g/mol. The van der Waals surface area contributed by atoms with Crippen LogP contribution in [0.2, 0.25) is 0 Å². The molecule has 0 heterocycles. The third kappa shape index (κ3) is 7.13. The van der Waals surface area contributed by atoms with Gasteiger partial charge in [-0.05, 0) is 39.0 Å². The van der Waals surface area contributed by atoms with Crippen LogP contribution in [0.1, 0.15) is 20.8 Å². The van der Waals surface area contributed by atoms with Gasteiger partial charge in [0.1, 0.15) is 5.75 Å². The number of amides is 2. The first kappa shape index (κ1) is 16.5. The number of rotatable bonds is 5. The lowest BCUT2D eigenvalue weighted by Crippen LogP contribution is -2.46. The first-order valence-corrected chi connectivity index (χ1v) is 7.02. The van der Waals surface area contributed by atoms with E-state index in [-0.39, 0.29) is 30.5 Å². The summed E-state index contributed by atoms with van der Waals surface area (Å²) in [6, 6.07) is 7.20. The van der Waals surface area contributed by atoms with Crippen LogP contribution in [0.5, 0.6) is 5.75 Å². The molecule has 0 aliphatic heterocycles. The maximum atomic E-state index is 11.5. The molecule has 1 rings (SSSR count). The molecule has 110 valence electrons. The van der Waals surface area contributed by atoms with Crippen LogP contribution in [0.15, 0.2) is 28.7 Å². The van der Waals surface area contributed by atoms with E-state index in [1.807, 2.05) is 32.9 Å². The Bertz CT molecular complexity index is 484. The zero-order chi connectivity index (χ0) is 15.2. The third-order valence-electron chi connectivity index (χ3n) is 2.13. The zero-order valence-electron chi connectivity index (χ0n) is 11.8. The second kappa shape index (κ2) is 7.28. The number of hydrogen-bond acceptors (Lipinski definition) is 3. The molecule has 0 atom stereocenters. The fraction of sp³-hybridized carbons (Fsp3) is 0.429. The summed E-state index contributed by atoms with van der Waals surface area (Å²) in [5.41, 5.74) is -0.311. The van der Waals surface area contributed by atoms with Crippen molar-refractivity contribution in [3.63, 3.8) is 0 Å². The fourth-order valence-corrected chi connectivity index (χ4v) is 1.78. The van der Waals surface area contributed by atoms with Crippen molar-refractivity contribution in [1.82, 2.24) is 10.6 Å². The highest BCUT2D eigenvalue weighted by Gasteiger charge is 2.14. The lowest BCUT2D eigenvalue weighted by Gasteiger charge is -2.20. The summed E-state index contributed by atoms with van der Waals surface area (Å²) in [7, 11) is 0. The molecule has 5 nitrogen and oxygen atoms in total. The summed E-state index contributed by atoms with van der Waals surface area (Å²) < 4.78 is 6.18. The molecular formula is C14H19BrN2O3. The van der Waals surface area contributed by atoms with Crippen molar-refractivity contribution >= 4 is 27.7 Å². The first-order valence-electron chi connectivity index (χ1n) is 6.22. The standard InChI is InChI=1S/C14H19BrN2O3/c1-14(2,3)17-12(18)8-16-13(19)9-20-11-6-4-5-10(15)7-11/h4-7H,8-9H2,1-3H3,(H,16,19)(H,17,18). The van der Waals surface area contributed by atoms with Gasteiger partial charge in [0.25, 0.3) is 5.91 Å². The molecule has 0 radical (unpaired) electrons. The minimum Gasteiger partial charge on any atom is -0.484 e. The number of halogens is 1. The predicted molar refractivity (Wildman–Crippen MR) is 80.5 cm³/mol. The summed E-state index contributed by atoms with van der Waals surface area (Å²) in [5, 5.41) is 5.26. The minimum atomic E-state index is -0.339. The number of carbonyl (C=O) groups excluding carboxylic acids is 2. The van der Waals surface area contributed by atoms with Crippen LogP contribution in [0, 0.1) is 0 Å². The van der Waals surface area contributed by atoms with Crippen molar-refractivity contribution in [2.24, 2.45) is 0 Å². The minimum absolute atomic E-state index is 0.0576. The van der Waals surface area contributed by atoms with Gasteiger partial charge in [-0.3, -0.25) is 9.59 Å². The Morgan fingerprint density at radius 1 is 1.25 bits per heavy atom. The normalized spacial score (nSPS) is 10.8. The fourth-order valence-electron chi connectivity index (χ4n) is 1.40. The van der Waals surface area contributed by atoms with Gasteiger partial charge >= 0.3 is 0 Å². The second-order valence-corrected chi connectivity index (χ2v) is 6.24. The molecule has 1 aromatic carbocycles. The summed E-state index contributed by atoms with van der Waals surface area (Å²) in [4.78, 5) is 23.1. The van der Waals surface area contributed by atoms with Crippen molar-refractivity contribution in [2.45, 2.75) is 26.3 Å². The Labute approximate surface area is 127 Å². The maximum absolute atomic E-state index is 11.5. The Morgan fingerprint density at radius 2 is 1.95 bits per heavy atom. The smallest absolute Gasteiger partial charge is 0.258 e. The molecule has 0 aliphatic rings. The van der Waals surface area contributed by atoms with E-state index in [4.69, 9.17) is 4.74 Å². The van der Waals surface area contributed by atoms with E-state index in [0.29, 0.717) is 5.75 Å². The van der Waals surface area contributed by atoms with Crippen LogP contribution >= 0.6 is 15.9 Å². The molecule has 2 N–H and O–H groups in total. The molecule has 2 amide bonds. The van der Waals surface area contributed by atoms with E-state index in [1.165, 1.54) is 0 Å². The van der Waals surface area contributed by atoms with Crippen molar-refractivity contribution in [1.29, 1.82) is 0 Å². The van der Waals surface area contributed by atoms with E-state index < -0.39 is 0 Å². The average molecular weight is 343 g/mol. The highest BCUT2D eigenvalue weighted by atomic mass is 79.9. The van der Waals surface area contributed by atoms with E-state index in [2.05, 4.69) is 26.6 Å². The van der Waals surface area contributed by atoms with Gasteiger partial charge in [-0.1, -0.05) is 22.0 Å². The van der Waals surface area contributed by atoms with E-state index in [9.17, 15) is 9.59 Å². The Morgan fingerprint density at radius 3 is 2.55 bits per heavy atom. The summed E-state index contributed by atoms with van der Waals surface area (Å²) in [6.45, 7) is 5.45. The van der Waals surface area contributed by atoms with Crippen LogP contribution in [0.25, 0.3) is 0 Å². The van der Waals surface area contributed by atoms with Gasteiger partial charge in [-0.15, -0.1) is 0 Å². The molecule has 0 fully saturated rings. The molecule has 6 heteroatoms. The van der Waals surface area contributed by atoms with E-state index in [1.54, 1.807) is 12.1 Å². The van der Waals surface area contributed by atoms with Gasteiger partial charge in [-0.2, -0.15) is 0 Å². The van der Waals surface area contributed by atoms with Crippen LogP contribution in [-0.4, -0.2) is 30.5 Å². The summed E-state index contributed by atoms with van der Waals surface area (Å²) >= 11 is 3.31.